The number of aliphatic carboxylic acids is 1. The first-order chi connectivity index (χ1) is 19.9. The molecule has 0 saturated carbocycles. The van der Waals surface area contributed by atoms with E-state index in [4.69, 9.17) is 0 Å². The molecule has 3 N–H and O–H groups in total. The van der Waals surface area contributed by atoms with Gasteiger partial charge >= 0.3 is 11.9 Å². The number of carbonyl (C=O) groups excluding carboxylic acids is 3. The topological polar surface area (TPSA) is 122 Å². The summed E-state index contributed by atoms with van der Waals surface area (Å²) in [5.41, 5.74) is 0. The van der Waals surface area contributed by atoms with Crippen LogP contribution in [0, 0.1) is 0 Å². The Morgan fingerprint density at radius 2 is 1.24 bits per heavy atom. The van der Waals surface area contributed by atoms with Gasteiger partial charge in [0.2, 0.25) is 11.8 Å². The molecule has 41 heavy (non-hydrogen) atoms. The first kappa shape index (κ1) is 37.1. The largest absolute Gasteiger partial charge is 0.480 e. The number of amides is 2. The van der Waals surface area contributed by atoms with Crippen LogP contribution in [0.1, 0.15) is 78.1 Å². The van der Waals surface area contributed by atoms with Crippen molar-refractivity contribution in [3.8, 4) is 0 Å². The monoisotopic (exact) mass is 568 g/mol. The third-order valence-corrected chi connectivity index (χ3v) is 5.40. The van der Waals surface area contributed by atoms with E-state index in [1.807, 2.05) is 12.2 Å². The molecule has 0 fully saturated rings. The molecule has 0 spiro atoms. The van der Waals surface area contributed by atoms with Crippen LogP contribution in [0.3, 0.4) is 0 Å². The van der Waals surface area contributed by atoms with Crippen LogP contribution in [0.2, 0.25) is 0 Å². The van der Waals surface area contributed by atoms with Crippen molar-refractivity contribution in [3.05, 3.63) is 85.1 Å². The maximum atomic E-state index is 12.0. The van der Waals surface area contributed by atoms with Gasteiger partial charge in [-0.1, -0.05) is 79.8 Å². The van der Waals surface area contributed by atoms with E-state index < -0.39 is 23.9 Å². The molecule has 2 amide bonds. The number of esters is 1. The Morgan fingerprint density at radius 3 is 1.73 bits per heavy atom. The van der Waals surface area contributed by atoms with Crippen LogP contribution in [0.25, 0.3) is 0 Å². The molecule has 0 aromatic heterocycles. The second-order valence-electron chi connectivity index (χ2n) is 8.93. The zero-order valence-electron chi connectivity index (χ0n) is 24.6. The lowest BCUT2D eigenvalue weighted by molar-refractivity contribution is -0.141. The van der Waals surface area contributed by atoms with E-state index in [9.17, 15) is 24.3 Å². The van der Waals surface area contributed by atoms with E-state index in [1.165, 1.54) is 0 Å². The first-order valence-electron chi connectivity index (χ1n) is 14.4. The van der Waals surface area contributed by atoms with Crippen LogP contribution in [-0.4, -0.2) is 48.1 Å². The normalized spacial score (nSPS) is 13.0. The number of carbonyl (C=O) groups is 4. The van der Waals surface area contributed by atoms with E-state index in [0.29, 0.717) is 25.8 Å². The van der Waals surface area contributed by atoms with Crippen molar-refractivity contribution in [2.24, 2.45) is 0 Å². The predicted molar refractivity (Wildman–Crippen MR) is 165 cm³/mol. The number of carboxylic acid groups (broad SMARTS) is 1. The summed E-state index contributed by atoms with van der Waals surface area (Å²) in [4.78, 5) is 46.4. The minimum atomic E-state index is -1.19. The smallest absolute Gasteiger partial charge is 0.330 e. The number of rotatable bonds is 23. The Labute approximate surface area is 245 Å². The highest BCUT2D eigenvalue weighted by Gasteiger charge is 2.18. The van der Waals surface area contributed by atoms with Crippen molar-refractivity contribution in [3.63, 3.8) is 0 Å². The minimum absolute atomic E-state index is 0.113. The highest BCUT2D eigenvalue weighted by molar-refractivity contribution is 5.96. The zero-order chi connectivity index (χ0) is 30.4. The summed E-state index contributed by atoms with van der Waals surface area (Å²) in [5.74, 6) is -2.68. The van der Waals surface area contributed by atoms with Crippen molar-refractivity contribution in [2.45, 2.75) is 84.1 Å². The number of ether oxygens (including phenoxy) is 1. The molecule has 0 aliphatic rings. The Hall–Kier alpha value is -3.94. The molecule has 1 atom stereocenters. The number of allylic oxidation sites excluding steroid dienone is 12. The highest BCUT2D eigenvalue weighted by Crippen LogP contribution is 2.00. The average molecular weight is 569 g/mol. The van der Waals surface area contributed by atoms with E-state index in [-0.39, 0.29) is 18.9 Å². The molecule has 0 heterocycles. The lowest BCUT2D eigenvalue weighted by Crippen LogP contribution is -2.40. The van der Waals surface area contributed by atoms with E-state index in [0.717, 1.165) is 50.7 Å². The van der Waals surface area contributed by atoms with Crippen LogP contribution in [-0.2, 0) is 23.9 Å². The number of carboxylic acids is 1. The van der Waals surface area contributed by atoms with E-state index >= 15 is 0 Å². The van der Waals surface area contributed by atoms with Gasteiger partial charge in [0, 0.05) is 25.1 Å². The molecule has 0 radical (unpaired) electrons. The molecule has 0 aromatic rings. The van der Waals surface area contributed by atoms with Crippen LogP contribution in [0.5, 0.6) is 0 Å². The summed E-state index contributed by atoms with van der Waals surface area (Å²) < 4.78 is 4.66. The second kappa shape index (κ2) is 27.6. The molecule has 8 nitrogen and oxygen atoms in total. The fourth-order valence-electron chi connectivity index (χ4n) is 3.29. The van der Waals surface area contributed by atoms with Gasteiger partial charge in [0.05, 0.1) is 6.61 Å². The van der Waals surface area contributed by atoms with Gasteiger partial charge in [0.1, 0.15) is 6.04 Å². The van der Waals surface area contributed by atoms with Crippen LogP contribution >= 0.6 is 0 Å². The van der Waals surface area contributed by atoms with Gasteiger partial charge in [-0.15, -0.1) is 0 Å². The fourth-order valence-corrected chi connectivity index (χ4v) is 3.29. The molecular weight excluding hydrogens is 520 g/mol. The summed E-state index contributed by atoms with van der Waals surface area (Å²) in [6.45, 7) is 4.25. The Morgan fingerprint density at radius 1 is 0.732 bits per heavy atom. The molecule has 0 rings (SSSR count). The van der Waals surface area contributed by atoms with Crippen molar-refractivity contribution < 1.29 is 29.0 Å². The average Bonchev–Trinajstić information content (AvgIpc) is 2.94. The van der Waals surface area contributed by atoms with Gasteiger partial charge in [-0.05, 0) is 64.7 Å². The SMILES string of the molecule is CCC=CCC=CCC=CCC=CCC=CCC=CCCC(=O)NCCCC(NC(=O)C=CC(=O)OCC)C(=O)O. The molecule has 0 aromatic carbocycles. The predicted octanol–water partition coefficient (Wildman–Crippen LogP) is 6.05. The quantitative estimate of drug-likeness (QED) is 0.0597. The van der Waals surface area contributed by atoms with Crippen molar-refractivity contribution >= 4 is 23.8 Å². The third kappa shape index (κ3) is 26.1. The molecule has 0 saturated heterocycles. The van der Waals surface area contributed by atoms with Gasteiger partial charge < -0.3 is 20.5 Å². The van der Waals surface area contributed by atoms with Gasteiger partial charge in [-0.25, -0.2) is 9.59 Å². The van der Waals surface area contributed by atoms with E-state index in [1.54, 1.807) is 6.92 Å². The highest BCUT2D eigenvalue weighted by atomic mass is 16.5. The molecule has 1 unspecified atom stereocenters. The molecular formula is C33H48N2O6. The van der Waals surface area contributed by atoms with Gasteiger partial charge in [-0.2, -0.15) is 0 Å². The maximum absolute atomic E-state index is 12.0. The third-order valence-electron chi connectivity index (χ3n) is 5.40. The van der Waals surface area contributed by atoms with Crippen LogP contribution in [0.4, 0.5) is 0 Å². The summed E-state index contributed by atoms with van der Waals surface area (Å²) in [6, 6.07) is -1.12. The zero-order valence-corrected chi connectivity index (χ0v) is 24.6. The lowest BCUT2D eigenvalue weighted by Gasteiger charge is -2.13. The molecule has 0 bridgehead atoms. The molecule has 0 aliphatic carbocycles. The summed E-state index contributed by atoms with van der Waals surface area (Å²) >= 11 is 0. The van der Waals surface area contributed by atoms with Crippen LogP contribution < -0.4 is 10.6 Å². The standard InChI is InChI=1S/C33H48N2O6/c1-3-5-6-7-8-9-10-11-12-13-14-15-16-17-18-19-20-21-22-25-30(36)34-28-23-24-29(33(39)40)35-31(37)26-27-32(38)41-4-2/h5-6,8-9,11-12,14-15,17-18,20-21,26-27,29H,3-4,7,10,13,16,19,22-25,28H2,1-2H3,(H,34,36)(H,35,37)(H,39,40). The number of hydrogen-bond acceptors (Lipinski definition) is 5. The summed E-state index contributed by atoms with van der Waals surface area (Å²) in [6.07, 6.45) is 34.7. The molecule has 8 heteroatoms. The van der Waals surface area contributed by atoms with Crippen LogP contribution in [0.15, 0.2) is 85.1 Å². The summed E-state index contributed by atoms with van der Waals surface area (Å²) in [5, 5.41) is 14.4. The fraction of sp³-hybridized carbons (Fsp3) is 0.455. The van der Waals surface area contributed by atoms with Gasteiger partial charge in [-0.3, -0.25) is 9.59 Å². The Balaban J connectivity index is 3.91. The minimum Gasteiger partial charge on any atom is -0.480 e. The lowest BCUT2D eigenvalue weighted by atomic mass is 10.1. The van der Waals surface area contributed by atoms with Gasteiger partial charge in [0.25, 0.3) is 0 Å². The van der Waals surface area contributed by atoms with Gasteiger partial charge in [0.15, 0.2) is 0 Å². The first-order valence-corrected chi connectivity index (χ1v) is 14.4. The van der Waals surface area contributed by atoms with Crippen molar-refractivity contribution in [1.82, 2.24) is 10.6 Å². The number of hydrogen-bond donors (Lipinski definition) is 3. The maximum Gasteiger partial charge on any atom is 0.330 e. The Kier molecular flexibility index (Phi) is 25.0. The summed E-state index contributed by atoms with van der Waals surface area (Å²) in [7, 11) is 0. The van der Waals surface area contributed by atoms with Crippen molar-refractivity contribution in [1.29, 1.82) is 0 Å². The van der Waals surface area contributed by atoms with Crippen molar-refractivity contribution in [2.75, 3.05) is 13.2 Å². The Bertz CT molecular complexity index is 957. The van der Waals surface area contributed by atoms with E-state index in [2.05, 4.69) is 83.1 Å². The molecule has 226 valence electrons. The second-order valence-corrected chi connectivity index (χ2v) is 8.93. The number of nitrogens with one attached hydrogen (secondary N) is 2. The molecule has 0 aliphatic heterocycles.